The SMILES string of the molecule is CC(=CS(=O)(=O)n1cccc1)/C=C/c1ccc(C)cc1. The Morgan fingerprint density at radius 1 is 1.10 bits per heavy atom. The third kappa shape index (κ3) is 3.71. The van der Waals surface area contributed by atoms with Crippen LogP contribution < -0.4 is 0 Å². The summed E-state index contributed by atoms with van der Waals surface area (Å²) in [5.41, 5.74) is 2.92. The number of nitrogens with zero attached hydrogens (tertiary/aromatic N) is 1. The lowest BCUT2D eigenvalue weighted by molar-refractivity contribution is 0.596. The second-order valence-corrected chi connectivity index (χ2v) is 6.35. The fourth-order valence-electron chi connectivity index (χ4n) is 1.73. The van der Waals surface area contributed by atoms with Gasteiger partial charge in [0.2, 0.25) is 0 Å². The molecule has 1 aromatic carbocycles. The normalized spacial score (nSPS) is 13.0. The number of hydrogen-bond donors (Lipinski definition) is 0. The highest BCUT2D eigenvalue weighted by atomic mass is 32.2. The van der Waals surface area contributed by atoms with Crippen molar-refractivity contribution in [1.29, 1.82) is 0 Å². The van der Waals surface area contributed by atoms with E-state index in [1.807, 2.05) is 37.3 Å². The molecule has 0 atom stereocenters. The molecule has 0 N–H and O–H groups in total. The lowest BCUT2D eigenvalue weighted by Crippen LogP contribution is -2.06. The molecule has 0 bridgehead atoms. The lowest BCUT2D eigenvalue weighted by atomic mass is 10.1. The van der Waals surface area contributed by atoms with Crippen molar-refractivity contribution >= 4 is 16.1 Å². The molecule has 2 aromatic rings. The predicted octanol–water partition coefficient (Wildman–Crippen LogP) is 3.59. The van der Waals surface area contributed by atoms with E-state index in [9.17, 15) is 8.42 Å². The van der Waals surface area contributed by atoms with Gasteiger partial charge in [0.25, 0.3) is 10.0 Å². The minimum absolute atomic E-state index is 0.680. The quantitative estimate of drug-likeness (QED) is 0.806. The van der Waals surface area contributed by atoms with Gasteiger partial charge >= 0.3 is 0 Å². The smallest absolute Gasteiger partial charge is 0.250 e. The minimum atomic E-state index is -3.42. The molecule has 2 rings (SSSR count). The maximum Gasteiger partial charge on any atom is 0.260 e. The number of hydrogen-bond acceptors (Lipinski definition) is 2. The first-order valence-electron chi connectivity index (χ1n) is 6.29. The Bertz CT molecular complexity index is 721. The average molecular weight is 287 g/mol. The molecule has 0 spiro atoms. The van der Waals surface area contributed by atoms with E-state index in [-0.39, 0.29) is 0 Å². The molecule has 0 aliphatic carbocycles. The summed E-state index contributed by atoms with van der Waals surface area (Å²) in [7, 11) is -3.42. The van der Waals surface area contributed by atoms with Gasteiger partial charge in [-0.15, -0.1) is 0 Å². The molecule has 3 nitrogen and oxygen atoms in total. The van der Waals surface area contributed by atoms with E-state index in [2.05, 4.69) is 0 Å². The van der Waals surface area contributed by atoms with Gasteiger partial charge in [-0.25, -0.2) is 12.4 Å². The van der Waals surface area contributed by atoms with Crippen molar-refractivity contribution < 1.29 is 8.42 Å². The van der Waals surface area contributed by atoms with Gasteiger partial charge in [-0.05, 0) is 37.1 Å². The standard InChI is InChI=1S/C16H17NO2S/c1-14-5-8-16(9-6-14)10-7-15(2)13-20(18,19)17-11-3-4-12-17/h3-13H,1-2H3/b10-7+,15-13?. The fraction of sp³-hybridized carbons (Fsp3) is 0.125. The molecule has 20 heavy (non-hydrogen) atoms. The van der Waals surface area contributed by atoms with Crippen LogP contribution in [0.4, 0.5) is 0 Å². The Kier molecular flexibility index (Phi) is 4.25. The highest BCUT2D eigenvalue weighted by molar-refractivity contribution is 7.92. The van der Waals surface area contributed by atoms with Crippen LogP contribution in [0.1, 0.15) is 18.1 Å². The van der Waals surface area contributed by atoms with Gasteiger partial charge in [-0.2, -0.15) is 0 Å². The van der Waals surface area contributed by atoms with Crippen LogP contribution in [0.25, 0.3) is 6.08 Å². The van der Waals surface area contributed by atoms with Crippen LogP contribution in [0.3, 0.4) is 0 Å². The van der Waals surface area contributed by atoms with E-state index in [1.165, 1.54) is 27.3 Å². The van der Waals surface area contributed by atoms with E-state index >= 15 is 0 Å². The van der Waals surface area contributed by atoms with Crippen molar-refractivity contribution in [2.24, 2.45) is 0 Å². The van der Waals surface area contributed by atoms with Gasteiger partial charge < -0.3 is 0 Å². The summed E-state index contributed by atoms with van der Waals surface area (Å²) in [5, 5.41) is 1.26. The number of allylic oxidation sites excluding steroid dienone is 2. The van der Waals surface area contributed by atoms with Crippen LogP contribution in [-0.4, -0.2) is 12.4 Å². The zero-order valence-corrected chi connectivity index (χ0v) is 12.3. The van der Waals surface area contributed by atoms with E-state index in [4.69, 9.17) is 0 Å². The Morgan fingerprint density at radius 3 is 2.30 bits per heavy atom. The molecule has 0 fully saturated rings. The van der Waals surface area contributed by atoms with Crippen molar-refractivity contribution in [2.75, 3.05) is 0 Å². The van der Waals surface area contributed by atoms with Crippen molar-refractivity contribution in [3.8, 4) is 0 Å². The molecule has 0 unspecified atom stereocenters. The molecule has 0 aliphatic heterocycles. The number of benzene rings is 1. The zero-order chi connectivity index (χ0) is 14.6. The Labute approximate surface area is 119 Å². The summed E-state index contributed by atoms with van der Waals surface area (Å²) in [6, 6.07) is 11.4. The van der Waals surface area contributed by atoms with Crippen molar-refractivity contribution in [3.05, 3.63) is 77.0 Å². The predicted molar refractivity (Wildman–Crippen MR) is 82.7 cm³/mol. The van der Waals surface area contributed by atoms with E-state index in [0.717, 1.165) is 5.56 Å². The molecule has 1 aromatic heterocycles. The molecule has 4 heteroatoms. The molecule has 0 saturated carbocycles. The van der Waals surface area contributed by atoms with Gasteiger partial charge in [0.05, 0.1) is 5.41 Å². The van der Waals surface area contributed by atoms with Crippen LogP contribution in [0.15, 0.2) is 65.8 Å². The summed E-state index contributed by atoms with van der Waals surface area (Å²) < 4.78 is 25.2. The Morgan fingerprint density at radius 2 is 1.70 bits per heavy atom. The maximum absolute atomic E-state index is 12.0. The average Bonchev–Trinajstić information content (AvgIpc) is 2.92. The third-order valence-electron chi connectivity index (χ3n) is 2.82. The molecular formula is C16H17NO2S. The summed E-state index contributed by atoms with van der Waals surface area (Å²) in [6.45, 7) is 3.80. The number of aromatic nitrogens is 1. The van der Waals surface area contributed by atoms with Gasteiger partial charge in [-0.1, -0.05) is 42.0 Å². The van der Waals surface area contributed by atoms with Gasteiger partial charge in [0.1, 0.15) is 0 Å². The van der Waals surface area contributed by atoms with Crippen LogP contribution in [0.2, 0.25) is 0 Å². The molecule has 1 heterocycles. The monoisotopic (exact) mass is 287 g/mol. The fourth-order valence-corrected chi connectivity index (χ4v) is 2.88. The van der Waals surface area contributed by atoms with E-state index in [0.29, 0.717) is 5.57 Å². The van der Waals surface area contributed by atoms with Gasteiger partial charge in [0, 0.05) is 12.4 Å². The van der Waals surface area contributed by atoms with Crippen LogP contribution >= 0.6 is 0 Å². The molecule has 0 aliphatic rings. The largest absolute Gasteiger partial charge is 0.260 e. The van der Waals surface area contributed by atoms with Crippen molar-refractivity contribution in [3.63, 3.8) is 0 Å². The Hall–Kier alpha value is -2.07. The summed E-state index contributed by atoms with van der Waals surface area (Å²) in [5.74, 6) is 0. The first-order chi connectivity index (χ1) is 9.47. The van der Waals surface area contributed by atoms with Crippen LogP contribution in [-0.2, 0) is 10.0 Å². The van der Waals surface area contributed by atoms with E-state index < -0.39 is 10.0 Å². The first-order valence-corrected chi connectivity index (χ1v) is 7.79. The second-order valence-electron chi connectivity index (χ2n) is 4.66. The summed E-state index contributed by atoms with van der Waals surface area (Å²) in [4.78, 5) is 0. The highest BCUT2D eigenvalue weighted by Crippen LogP contribution is 2.09. The molecule has 0 saturated heterocycles. The maximum atomic E-state index is 12.0. The number of aryl methyl sites for hydroxylation is 1. The van der Waals surface area contributed by atoms with Gasteiger partial charge in [0.15, 0.2) is 0 Å². The van der Waals surface area contributed by atoms with Crippen molar-refractivity contribution in [2.45, 2.75) is 13.8 Å². The third-order valence-corrected chi connectivity index (χ3v) is 4.32. The second kappa shape index (κ2) is 5.92. The molecule has 0 radical (unpaired) electrons. The molecule has 0 amide bonds. The number of rotatable bonds is 4. The summed E-state index contributed by atoms with van der Waals surface area (Å²) >= 11 is 0. The van der Waals surface area contributed by atoms with E-state index in [1.54, 1.807) is 25.1 Å². The summed E-state index contributed by atoms with van der Waals surface area (Å²) in [6.07, 6.45) is 6.73. The first kappa shape index (κ1) is 14.3. The molecular weight excluding hydrogens is 270 g/mol. The minimum Gasteiger partial charge on any atom is -0.250 e. The zero-order valence-electron chi connectivity index (χ0n) is 11.5. The topological polar surface area (TPSA) is 39.1 Å². The lowest BCUT2D eigenvalue weighted by Gasteiger charge is -2.00. The highest BCUT2D eigenvalue weighted by Gasteiger charge is 2.07. The van der Waals surface area contributed by atoms with Crippen LogP contribution in [0, 0.1) is 6.92 Å². The van der Waals surface area contributed by atoms with Crippen LogP contribution in [0.5, 0.6) is 0 Å². The Balaban J connectivity index is 2.17. The van der Waals surface area contributed by atoms with Crippen molar-refractivity contribution in [1.82, 2.24) is 3.97 Å². The molecule has 104 valence electrons. The van der Waals surface area contributed by atoms with Gasteiger partial charge in [-0.3, -0.25) is 0 Å².